The summed E-state index contributed by atoms with van der Waals surface area (Å²) >= 11 is 1.33. The smallest absolute Gasteiger partial charge is 0.265 e. The molecular formula is C24H30N4O3S2. The Morgan fingerprint density at radius 1 is 1.18 bits per heavy atom. The Morgan fingerprint density at radius 2 is 1.88 bits per heavy atom. The van der Waals surface area contributed by atoms with E-state index in [1.165, 1.54) is 11.3 Å². The number of sulfonamides is 1. The van der Waals surface area contributed by atoms with E-state index in [0.717, 1.165) is 37.9 Å². The summed E-state index contributed by atoms with van der Waals surface area (Å²) in [6, 6.07) is 11.5. The molecule has 2 aromatic heterocycles. The molecule has 1 aromatic carbocycles. The first kappa shape index (κ1) is 23.7. The third kappa shape index (κ3) is 5.20. The fourth-order valence-electron chi connectivity index (χ4n) is 4.06. The SMILES string of the molecule is Cc1nc(-c2cc(S(=O)(=O)NC[C@@H](C)c3ccccc3)cn2C)sc1C(=O)N1CCCCC1. The maximum atomic E-state index is 13.0. The fourth-order valence-corrected chi connectivity index (χ4v) is 6.35. The second-order valence-electron chi connectivity index (χ2n) is 8.62. The average Bonchev–Trinajstić information content (AvgIpc) is 3.41. The largest absolute Gasteiger partial charge is 0.347 e. The molecule has 0 radical (unpaired) electrons. The van der Waals surface area contributed by atoms with Crippen molar-refractivity contribution < 1.29 is 13.2 Å². The molecule has 0 unspecified atom stereocenters. The van der Waals surface area contributed by atoms with Gasteiger partial charge < -0.3 is 9.47 Å². The van der Waals surface area contributed by atoms with Gasteiger partial charge in [-0.15, -0.1) is 11.3 Å². The number of likely N-dealkylation sites (tertiary alicyclic amines) is 1. The number of hydrogen-bond donors (Lipinski definition) is 1. The van der Waals surface area contributed by atoms with Gasteiger partial charge >= 0.3 is 0 Å². The van der Waals surface area contributed by atoms with Gasteiger partial charge in [-0.05, 0) is 43.7 Å². The molecule has 1 saturated heterocycles. The van der Waals surface area contributed by atoms with Crippen molar-refractivity contribution in [2.24, 2.45) is 7.05 Å². The standard InChI is InChI=1S/C24H30N4O3S2/c1-17(19-10-6-4-7-11-19)15-25-33(30,31)20-14-21(27(3)16-20)23-26-18(2)22(32-23)24(29)28-12-8-5-9-13-28/h4,6-7,10-11,14,16-17,25H,5,8-9,12-13,15H2,1-3H3/t17-/m1/s1. The minimum Gasteiger partial charge on any atom is -0.347 e. The number of nitrogens with zero attached hydrogens (tertiary/aromatic N) is 3. The lowest BCUT2D eigenvalue weighted by atomic mass is 10.0. The highest BCUT2D eigenvalue weighted by Crippen LogP contribution is 2.31. The van der Waals surface area contributed by atoms with Crippen molar-refractivity contribution in [1.29, 1.82) is 0 Å². The molecule has 0 aliphatic carbocycles. The highest BCUT2D eigenvalue weighted by molar-refractivity contribution is 7.89. The van der Waals surface area contributed by atoms with E-state index >= 15 is 0 Å². The molecule has 4 rings (SSSR count). The van der Waals surface area contributed by atoms with Crippen LogP contribution in [0.15, 0.2) is 47.5 Å². The van der Waals surface area contributed by atoms with Gasteiger partial charge in [0.1, 0.15) is 14.8 Å². The summed E-state index contributed by atoms with van der Waals surface area (Å²) in [7, 11) is -1.88. The Hall–Kier alpha value is -2.49. The van der Waals surface area contributed by atoms with Gasteiger partial charge in [0.05, 0.1) is 11.4 Å². The van der Waals surface area contributed by atoms with Crippen LogP contribution in [0, 0.1) is 6.92 Å². The van der Waals surface area contributed by atoms with Gasteiger partial charge in [0, 0.05) is 32.9 Å². The molecule has 3 heterocycles. The number of piperidine rings is 1. The van der Waals surface area contributed by atoms with Crippen molar-refractivity contribution in [3.8, 4) is 10.7 Å². The highest BCUT2D eigenvalue weighted by atomic mass is 32.2. The number of carbonyl (C=O) groups is 1. The van der Waals surface area contributed by atoms with Gasteiger partial charge in [0.15, 0.2) is 0 Å². The Morgan fingerprint density at radius 3 is 2.58 bits per heavy atom. The van der Waals surface area contributed by atoms with Crippen LogP contribution in [0.5, 0.6) is 0 Å². The lowest BCUT2D eigenvalue weighted by molar-refractivity contribution is 0.0728. The van der Waals surface area contributed by atoms with Crippen molar-refractivity contribution in [2.75, 3.05) is 19.6 Å². The average molecular weight is 487 g/mol. The van der Waals surface area contributed by atoms with E-state index in [4.69, 9.17) is 0 Å². The van der Waals surface area contributed by atoms with Crippen LogP contribution >= 0.6 is 11.3 Å². The quantitative estimate of drug-likeness (QED) is 0.543. The summed E-state index contributed by atoms with van der Waals surface area (Å²) < 4.78 is 30.4. The molecule has 176 valence electrons. The first-order valence-corrected chi connectivity index (χ1v) is 13.5. The van der Waals surface area contributed by atoms with Gasteiger partial charge in [-0.25, -0.2) is 18.1 Å². The molecule has 1 aliphatic heterocycles. The molecule has 9 heteroatoms. The Labute approximate surface area is 199 Å². The van der Waals surface area contributed by atoms with E-state index in [0.29, 0.717) is 27.8 Å². The molecule has 1 atom stereocenters. The molecule has 7 nitrogen and oxygen atoms in total. The van der Waals surface area contributed by atoms with Crippen LogP contribution < -0.4 is 4.72 Å². The molecule has 1 amide bonds. The van der Waals surface area contributed by atoms with E-state index in [2.05, 4.69) is 9.71 Å². The number of carbonyl (C=O) groups excluding carboxylic acids is 1. The van der Waals surface area contributed by atoms with Crippen LogP contribution in [0.3, 0.4) is 0 Å². The first-order chi connectivity index (χ1) is 15.8. The molecule has 0 spiro atoms. The molecule has 3 aromatic rings. The fraction of sp³-hybridized carbons (Fsp3) is 0.417. The van der Waals surface area contributed by atoms with Crippen LogP contribution in [0.1, 0.15) is 53.0 Å². The summed E-state index contributed by atoms with van der Waals surface area (Å²) in [4.78, 5) is 20.3. The zero-order chi connectivity index (χ0) is 23.6. The minimum atomic E-state index is -3.68. The van der Waals surface area contributed by atoms with Crippen LogP contribution in [0.2, 0.25) is 0 Å². The Balaban J connectivity index is 1.51. The lowest BCUT2D eigenvalue weighted by Gasteiger charge is -2.26. The van der Waals surface area contributed by atoms with Crippen LogP contribution in [-0.2, 0) is 17.1 Å². The summed E-state index contributed by atoms with van der Waals surface area (Å²) in [5.74, 6) is 0.0729. The number of amides is 1. The second-order valence-corrected chi connectivity index (χ2v) is 11.4. The van der Waals surface area contributed by atoms with Crippen molar-refractivity contribution in [3.63, 3.8) is 0 Å². The monoisotopic (exact) mass is 486 g/mol. The van der Waals surface area contributed by atoms with E-state index in [1.807, 2.05) is 49.1 Å². The second kappa shape index (κ2) is 9.79. The van der Waals surface area contributed by atoms with Crippen LogP contribution in [0.4, 0.5) is 0 Å². The van der Waals surface area contributed by atoms with Crippen molar-refractivity contribution >= 4 is 27.3 Å². The summed E-state index contributed by atoms with van der Waals surface area (Å²) in [5, 5.41) is 0.648. The van der Waals surface area contributed by atoms with Crippen molar-refractivity contribution in [2.45, 2.75) is 43.9 Å². The molecule has 1 N–H and O–H groups in total. The summed E-state index contributed by atoms with van der Waals surface area (Å²) in [6.45, 7) is 5.70. The summed E-state index contributed by atoms with van der Waals surface area (Å²) in [5.41, 5.74) is 2.45. The van der Waals surface area contributed by atoms with E-state index < -0.39 is 10.0 Å². The lowest BCUT2D eigenvalue weighted by Crippen LogP contribution is -2.35. The van der Waals surface area contributed by atoms with Crippen molar-refractivity contribution in [1.82, 2.24) is 19.2 Å². The van der Waals surface area contributed by atoms with Crippen molar-refractivity contribution in [3.05, 3.63) is 58.7 Å². The third-order valence-corrected chi connectivity index (χ3v) is 8.65. The van der Waals surface area contributed by atoms with E-state index in [9.17, 15) is 13.2 Å². The number of benzene rings is 1. The van der Waals surface area contributed by atoms with Gasteiger partial charge in [0.2, 0.25) is 10.0 Å². The number of aromatic nitrogens is 2. The maximum absolute atomic E-state index is 13.0. The number of aryl methyl sites for hydroxylation is 2. The Bertz CT molecular complexity index is 1230. The minimum absolute atomic E-state index is 0.0228. The predicted molar refractivity (Wildman–Crippen MR) is 131 cm³/mol. The zero-order valence-electron chi connectivity index (χ0n) is 19.2. The van der Waals surface area contributed by atoms with E-state index in [1.54, 1.807) is 23.9 Å². The van der Waals surface area contributed by atoms with Gasteiger partial charge in [-0.3, -0.25) is 4.79 Å². The Kier molecular flexibility index (Phi) is 7.02. The highest BCUT2D eigenvalue weighted by Gasteiger charge is 2.25. The predicted octanol–water partition coefficient (Wildman–Crippen LogP) is 4.17. The zero-order valence-corrected chi connectivity index (χ0v) is 20.9. The molecular weight excluding hydrogens is 456 g/mol. The maximum Gasteiger partial charge on any atom is 0.265 e. The van der Waals surface area contributed by atoms with Gasteiger partial charge in [-0.2, -0.15) is 0 Å². The molecule has 0 bridgehead atoms. The van der Waals surface area contributed by atoms with E-state index in [-0.39, 0.29) is 16.7 Å². The van der Waals surface area contributed by atoms with Gasteiger partial charge in [0.25, 0.3) is 5.91 Å². The summed E-state index contributed by atoms with van der Waals surface area (Å²) in [6.07, 6.45) is 4.82. The third-order valence-electron chi connectivity index (χ3n) is 6.09. The molecule has 1 aliphatic rings. The van der Waals surface area contributed by atoms with Crippen LogP contribution in [-0.4, -0.2) is 48.4 Å². The number of hydrogen-bond acceptors (Lipinski definition) is 5. The molecule has 0 saturated carbocycles. The molecule has 1 fully saturated rings. The normalized spacial score (nSPS) is 15.5. The number of thiazole rings is 1. The van der Waals surface area contributed by atoms with Gasteiger partial charge in [-0.1, -0.05) is 37.3 Å². The number of nitrogens with one attached hydrogen (secondary N) is 1. The van der Waals surface area contributed by atoms with Crippen LogP contribution in [0.25, 0.3) is 10.7 Å². The first-order valence-electron chi connectivity index (χ1n) is 11.2. The topological polar surface area (TPSA) is 84.3 Å². The number of rotatable bonds is 7. The molecule has 33 heavy (non-hydrogen) atoms.